The highest BCUT2D eigenvalue weighted by Crippen LogP contribution is 2.34. The molecule has 0 unspecified atom stereocenters. The highest BCUT2D eigenvalue weighted by Gasteiger charge is 2.29. The molecule has 4 aromatic rings. The number of anilines is 1. The Labute approximate surface area is 201 Å². The Morgan fingerprint density at radius 1 is 1.14 bits per heavy atom. The fraction of sp³-hybridized carbons (Fsp3) is 0.280. The molecule has 35 heavy (non-hydrogen) atoms. The minimum Gasteiger partial charge on any atom is -0.384 e. The number of aliphatic hydroxyl groups excluding tert-OH is 1. The third kappa shape index (κ3) is 4.12. The van der Waals surface area contributed by atoms with Gasteiger partial charge in [0.05, 0.1) is 28.8 Å². The molecule has 10 heteroatoms. The number of nitrogens with zero attached hydrogens (tertiary/aromatic N) is 6. The molecular formula is C25H25N7O3. The largest absolute Gasteiger partial charge is 0.384 e. The van der Waals surface area contributed by atoms with Gasteiger partial charge in [0.25, 0.3) is 5.91 Å². The van der Waals surface area contributed by atoms with Crippen molar-refractivity contribution in [1.82, 2.24) is 29.5 Å². The van der Waals surface area contributed by atoms with E-state index in [2.05, 4.69) is 15.1 Å². The van der Waals surface area contributed by atoms with Crippen molar-refractivity contribution in [2.75, 3.05) is 18.8 Å². The van der Waals surface area contributed by atoms with Crippen molar-refractivity contribution < 1.29 is 14.7 Å². The number of fused-ring (bicyclic) bond motifs is 1. The van der Waals surface area contributed by atoms with Gasteiger partial charge in [0.15, 0.2) is 11.9 Å². The van der Waals surface area contributed by atoms with Crippen LogP contribution in [0.2, 0.25) is 0 Å². The second-order valence-corrected chi connectivity index (χ2v) is 8.63. The number of nitrogen functional groups attached to an aromatic ring is 1. The number of aldehydes is 1. The topological polar surface area (TPSA) is 140 Å². The van der Waals surface area contributed by atoms with E-state index in [-0.39, 0.29) is 17.6 Å². The van der Waals surface area contributed by atoms with Gasteiger partial charge in [0.1, 0.15) is 11.9 Å². The zero-order valence-corrected chi connectivity index (χ0v) is 19.2. The third-order valence-electron chi connectivity index (χ3n) is 6.42. The highest BCUT2D eigenvalue weighted by molar-refractivity contribution is 5.87. The summed E-state index contributed by atoms with van der Waals surface area (Å²) in [5.41, 5.74) is 10.9. The lowest BCUT2D eigenvalue weighted by Gasteiger charge is -2.33. The first-order valence-corrected chi connectivity index (χ1v) is 11.4. The van der Waals surface area contributed by atoms with Gasteiger partial charge in [0.2, 0.25) is 0 Å². The molecule has 0 radical (unpaired) electrons. The molecule has 1 aliphatic heterocycles. The molecule has 1 atom stereocenters. The van der Waals surface area contributed by atoms with Gasteiger partial charge in [-0.05, 0) is 38.0 Å². The summed E-state index contributed by atoms with van der Waals surface area (Å²) >= 11 is 0. The van der Waals surface area contributed by atoms with Crippen LogP contribution in [-0.4, -0.2) is 66.0 Å². The van der Waals surface area contributed by atoms with Crippen molar-refractivity contribution in [3.63, 3.8) is 0 Å². The van der Waals surface area contributed by atoms with E-state index in [0.717, 1.165) is 28.8 Å². The fourth-order valence-electron chi connectivity index (χ4n) is 4.54. The van der Waals surface area contributed by atoms with Crippen molar-refractivity contribution in [3.8, 4) is 22.5 Å². The van der Waals surface area contributed by atoms with E-state index in [1.807, 2.05) is 30.3 Å². The minimum absolute atomic E-state index is 0.0482. The number of likely N-dealkylation sites (tertiary alicyclic amines) is 1. The van der Waals surface area contributed by atoms with Crippen molar-refractivity contribution in [3.05, 3.63) is 60.2 Å². The number of carbonyl (C=O) groups excluding carboxylic acids is 2. The zero-order valence-electron chi connectivity index (χ0n) is 19.2. The normalized spacial score (nSPS) is 15.3. The van der Waals surface area contributed by atoms with Crippen molar-refractivity contribution in [1.29, 1.82) is 0 Å². The molecule has 0 saturated carbocycles. The first kappa shape index (κ1) is 22.6. The van der Waals surface area contributed by atoms with Crippen LogP contribution in [-0.2, 0) is 4.79 Å². The molecule has 0 spiro atoms. The van der Waals surface area contributed by atoms with Crippen LogP contribution in [0.5, 0.6) is 0 Å². The highest BCUT2D eigenvalue weighted by atomic mass is 16.3. The van der Waals surface area contributed by atoms with Crippen LogP contribution in [0.1, 0.15) is 41.7 Å². The van der Waals surface area contributed by atoms with Crippen molar-refractivity contribution >= 4 is 23.7 Å². The van der Waals surface area contributed by atoms with Gasteiger partial charge in [-0.25, -0.2) is 4.98 Å². The summed E-state index contributed by atoms with van der Waals surface area (Å²) in [7, 11) is 0. The average Bonchev–Trinajstić information content (AvgIpc) is 3.33. The lowest BCUT2D eigenvalue weighted by atomic mass is 9.90. The molecule has 3 N–H and O–H groups in total. The maximum Gasteiger partial charge on any atom is 0.251 e. The van der Waals surface area contributed by atoms with Gasteiger partial charge in [-0.1, -0.05) is 12.1 Å². The smallest absolute Gasteiger partial charge is 0.251 e. The van der Waals surface area contributed by atoms with E-state index in [1.54, 1.807) is 23.5 Å². The second kappa shape index (κ2) is 9.22. The minimum atomic E-state index is -1.03. The zero-order chi connectivity index (χ0) is 24.5. The van der Waals surface area contributed by atoms with Gasteiger partial charge in [-0.15, -0.1) is 0 Å². The Morgan fingerprint density at radius 2 is 1.91 bits per heavy atom. The summed E-state index contributed by atoms with van der Waals surface area (Å²) in [5, 5.41) is 14.0. The summed E-state index contributed by atoms with van der Waals surface area (Å²) in [6.45, 7) is 2.42. The van der Waals surface area contributed by atoms with Crippen LogP contribution < -0.4 is 5.73 Å². The number of nitrogens with two attached hydrogens (primary N) is 1. The fourth-order valence-corrected chi connectivity index (χ4v) is 4.54. The monoisotopic (exact) mass is 471 g/mol. The number of hydrogen-bond donors (Lipinski definition) is 2. The van der Waals surface area contributed by atoms with Gasteiger partial charge in [-0.3, -0.25) is 19.6 Å². The average molecular weight is 472 g/mol. The molecule has 5 heterocycles. The van der Waals surface area contributed by atoms with E-state index in [4.69, 9.17) is 10.7 Å². The third-order valence-corrected chi connectivity index (χ3v) is 6.42. The number of amides is 1. The summed E-state index contributed by atoms with van der Waals surface area (Å²) in [6, 6.07) is 9.48. The SMILES string of the molecule is C[C@@H](O)C(=O)N1CCC(c2nc3c(-c4ccc(-c5ccccn5)nc4)cnn3c(N)c2C=O)CC1. The standard InChI is InChI=1S/C25H25N7O3/c1-15(34)25(35)31-10-7-16(8-11-31)22-19(14-33)23(26)32-24(30-22)18(13-29-32)17-5-6-21(28-12-17)20-4-2-3-9-27-20/h2-6,9,12-16,34H,7-8,10-11,26H2,1H3/t15-/m1/s1. The molecule has 1 fully saturated rings. The van der Waals surface area contributed by atoms with Crippen LogP contribution in [0.4, 0.5) is 5.82 Å². The molecule has 178 valence electrons. The van der Waals surface area contributed by atoms with Crippen LogP contribution >= 0.6 is 0 Å². The van der Waals surface area contributed by atoms with Crippen LogP contribution in [0.3, 0.4) is 0 Å². The maximum atomic E-state index is 12.1. The summed E-state index contributed by atoms with van der Waals surface area (Å²) in [6.07, 6.45) is 6.05. The predicted molar refractivity (Wildman–Crippen MR) is 129 cm³/mol. The molecule has 10 nitrogen and oxygen atoms in total. The Bertz CT molecular complexity index is 1380. The second-order valence-electron chi connectivity index (χ2n) is 8.63. The lowest BCUT2D eigenvalue weighted by Crippen LogP contribution is -2.42. The van der Waals surface area contributed by atoms with Crippen LogP contribution in [0.15, 0.2) is 48.9 Å². The number of hydrogen-bond acceptors (Lipinski definition) is 8. The first-order chi connectivity index (χ1) is 17.0. The van der Waals surface area contributed by atoms with E-state index in [1.165, 1.54) is 11.4 Å². The van der Waals surface area contributed by atoms with Gasteiger partial charge in [-0.2, -0.15) is 9.61 Å². The van der Waals surface area contributed by atoms with E-state index < -0.39 is 6.10 Å². The molecule has 5 rings (SSSR count). The molecule has 0 bridgehead atoms. The van der Waals surface area contributed by atoms with Crippen molar-refractivity contribution in [2.45, 2.75) is 31.8 Å². The molecule has 1 amide bonds. The number of carbonyl (C=O) groups is 2. The lowest BCUT2D eigenvalue weighted by molar-refractivity contribution is -0.140. The molecular weight excluding hydrogens is 446 g/mol. The Morgan fingerprint density at radius 3 is 2.54 bits per heavy atom. The molecule has 1 aliphatic rings. The van der Waals surface area contributed by atoms with Gasteiger partial charge >= 0.3 is 0 Å². The number of aromatic nitrogens is 5. The van der Waals surface area contributed by atoms with E-state index in [0.29, 0.717) is 42.8 Å². The molecule has 0 aromatic carbocycles. The van der Waals surface area contributed by atoms with Crippen LogP contribution in [0, 0.1) is 0 Å². The summed E-state index contributed by atoms with van der Waals surface area (Å²) in [4.78, 5) is 39.5. The number of pyridine rings is 2. The maximum absolute atomic E-state index is 12.1. The molecule has 1 saturated heterocycles. The first-order valence-electron chi connectivity index (χ1n) is 11.4. The Balaban J connectivity index is 1.49. The molecule has 4 aromatic heterocycles. The predicted octanol–water partition coefficient (Wildman–Crippen LogP) is 2.33. The molecule has 0 aliphatic carbocycles. The quantitative estimate of drug-likeness (QED) is 0.423. The summed E-state index contributed by atoms with van der Waals surface area (Å²) < 4.78 is 1.47. The Kier molecular flexibility index (Phi) is 5.96. The number of piperidine rings is 1. The number of aliphatic hydroxyl groups is 1. The van der Waals surface area contributed by atoms with Gasteiger partial charge in [0, 0.05) is 42.5 Å². The van der Waals surface area contributed by atoms with E-state index >= 15 is 0 Å². The van der Waals surface area contributed by atoms with Crippen molar-refractivity contribution in [2.24, 2.45) is 0 Å². The number of rotatable bonds is 5. The Hall–Kier alpha value is -4.18. The van der Waals surface area contributed by atoms with Crippen LogP contribution in [0.25, 0.3) is 28.2 Å². The van der Waals surface area contributed by atoms with Gasteiger partial charge < -0.3 is 15.7 Å². The van der Waals surface area contributed by atoms with E-state index in [9.17, 15) is 14.7 Å². The summed E-state index contributed by atoms with van der Waals surface area (Å²) in [5.74, 6) is -0.110.